The molecule has 0 radical (unpaired) electrons. The maximum atomic E-state index is 12.6. The predicted molar refractivity (Wildman–Crippen MR) is 92.0 cm³/mol. The third-order valence-electron chi connectivity index (χ3n) is 4.44. The standard InChI is InChI=1S/C20H23NO2/c1-2-13-21(20(22)12-11-19-8-5-14-23-19)18-10-9-16-6-3-4-7-17(16)15-18/h3-8,11-12,14,18H,2,9-10,13,15H2,1H3. The van der Waals surface area contributed by atoms with Gasteiger partial charge in [0.15, 0.2) is 0 Å². The first kappa shape index (κ1) is 15.6. The summed E-state index contributed by atoms with van der Waals surface area (Å²) < 4.78 is 5.26. The fraction of sp³-hybridized carbons (Fsp3) is 0.350. The van der Waals surface area contributed by atoms with Crippen molar-refractivity contribution in [1.82, 2.24) is 4.90 Å². The number of nitrogens with zero attached hydrogens (tertiary/aromatic N) is 1. The maximum absolute atomic E-state index is 12.6. The molecule has 1 aromatic carbocycles. The Bertz CT molecular complexity index is 673. The molecule has 120 valence electrons. The fourth-order valence-corrected chi connectivity index (χ4v) is 3.29. The van der Waals surface area contributed by atoms with Crippen LogP contribution in [0.1, 0.15) is 36.7 Å². The molecule has 1 aliphatic rings. The van der Waals surface area contributed by atoms with Gasteiger partial charge in [0.05, 0.1) is 6.26 Å². The summed E-state index contributed by atoms with van der Waals surface area (Å²) in [4.78, 5) is 14.7. The zero-order valence-corrected chi connectivity index (χ0v) is 13.6. The summed E-state index contributed by atoms with van der Waals surface area (Å²) in [5, 5.41) is 0. The lowest BCUT2D eigenvalue weighted by Crippen LogP contribution is -2.43. The average Bonchev–Trinajstić information content (AvgIpc) is 3.10. The third kappa shape index (κ3) is 3.73. The molecule has 0 aliphatic heterocycles. The van der Waals surface area contributed by atoms with E-state index in [1.165, 1.54) is 11.1 Å². The summed E-state index contributed by atoms with van der Waals surface area (Å²) in [5.41, 5.74) is 2.81. The molecule has 2 aromatic rings. The van der Waals surface area contributed by atoms with E-state index in [0.717, 1.165) is 32.2 Å². The topological polar surface area (TPSA) is 33.5 Å². The van der Waals surface area contributed by atoms with Crippen molar-refractivity contribution in [2.45, 2.75) is 38.6 Å². The van der Waals surface area contributed by atoms with Crippen molar-refractivity contribution in [3.05, 3.63) is 65.6 Å². The minimum Gasteiger partial charge on any atom is -0.465 e. The van der Waals surface area contributed by atoms with Crippen LogP contribution in [-0.4, -0.2) is 23.4 Å². The minimum absolute atomic E-state index is 0.0765. The highest BCUT2D eigenvalue weighted by Crippen LogP contribution is 2.25. The number of amides is 1. The lowest BCUT2D eigenvalue weighted by Gasteiger charge is -2.34. The SMILES string of the molecule is CCCN(C(=O)C=Cc1ccco1)C1CCc2ccccc2C1. The second kappa shape index (κ2) is 7.32. The average molecular weight is 309 g/mol. The van der Waals surface area contributed by atoms with Gasteiger partial charge in [0.25, 0.3) is 0 Å². The Morgan fingerprint density at radius 3 is 2.83 bits per heavy atom. The van der Waals surface area contributed by atoms with Crippen molar-refractivity contribution in [2.75, 3.05) is 6.54 Å². The Labute approximate surface area is 137 Å². The molecule has 0 spiro atoms. The van der Waals surface area contributed by atoms with Gasteiger partial charge in [0, 0.05) is 18.7 Å². The number of benzene rings is 1. The van der Waals surface area contributed by atoms with Gasteiger partial charge in [-0.2, -0.15) is 0 Å². The molecule has 3 rings (SSSR count). The second-order valence-electron chi connectivity index (χ2n) is 6.05. The van der Waals surface area contributed by atoms with Crippen LogP contribution in [0.5, 0.6) is 0 Å². The van der Waals surface area contributed by atoms with Crippen LogP contribution in [0.4, 0.5) is 0 Å². The Morgan fingerprint density at radius 2 is 2.09 bits per heavy atom. The van der Waals surface area contributed by atoms with E-state index < -0.39 is 0 Å². The van der Waals surface area contributed by atoms with Crippen molar-refractivity contribution >= 4 is 12.0 Å². The highest BCUT2D eigenvalue weighted by atomic mass is 16.3. The monoisotopic (exact) mass is 309 g/mol. The van der Waals surface area contributed by atoms with Gasteiger partial charge >= 0.3 is 0 Å². The number of aryl methyl sites for hydroxylation is 1. The summed E-state index contributed by atoms with van der Waals surface area (Å²) in [6.07, 6.45) is 9.02. The number of rotatable bonds is 5. The Hall–Kier alpha value is -2.29. The molecule has 0 N–H and O–H groups in total. The van der Waals surface area contributed by atoms with Gasteiger partial charge in [-0.3, -0.25) is 4.79 Å². The number of hydrogen-bond acceptors (Lipinski definition) is 2. The van der Waals surface area contributed by atoms with Crippen molar-refractivity contribution in [2.24, 2.45) is 0 Å². The number of carbonyl (C=O) groups excluding carboxylic acids is 1. The number of hydrogen-bond donors (Lipinski definition) is 0. The maximum Gasteiger partial charge on any atom is 0.246 e. The minimum atomic E-state index is 0.0765. The zero-order chi connectivity index (χ0) is 16.1. The van der Waals surface area contributed by atoms with Crippen LogP contribution in [0.15, 0.2) is 53.2 Å². The predicted octanol–water partition coefficient (Wildman–Crippen LogP) is 4.09. The highest BCUT2D eigenvalue weighted by molar-refractivity contribution is 5.91. The smallest absolute Gasteiger partial charge is 0.246 e. The molecule has 0 saturated heterocycles. The first-order chi connectivity index (χ1) is 11.3. The summed E-state index contributed by atoms with van der Waals surface area (Å²) >= 11 is 0. The van der Waals surface area contributed by atoms with Gasteiger partial charge in [-0.1, -0.05) is 31.2 Å². The zero-order valence-electron chi connectivity index (χ0n) is 13.6. The van der Waals surface area contributed by atoms with E-state index in [-0.39, 0.29) is 5.91 Å². The van der Waals surface area contributed by atoms with E-state index in [4.69, 9.17) is 4.42 Å². The van der Waals surface area contributed by atoms with Gasteiger partial charge in [-0.25, -0.2) is 0 Å². The van der Waals surface area contributed by atoms with Crippen LogP contribution < -0.4 is 0 Å². The van der Waals surface area contributed by atoms with Gasteiger partial charge in [0.1, 0.15) is 5.76 Å². The number of furan rings is 1. The van der Waals surface area contributed by atoms with Gasteiger partial charge in [-0.05, 0) is 55.0 Å². The van der Waals surface area contributed by atoms with E-state index in [2.05, 4.69) is 31.2 Å². The second-order valence-corrected chi connectivity index (χ2v) is 6.05. The lowest BCUT2D eigenvalue weighted by atomic mass is 9.87. The van der Waals surface area contributed by atoms with Gasteiger partial charge in [-0.15, -0.1) is 0 Å². The van der Waals surface area contributed by atoms with Crippen LogP contribution >= 0.6 is 0 Å². The van der Waals surface area contributed by atoms with Crippen molar-refractivity contribution < 1.29 is 9.21 Å². The lowest BCUT2D eigenvalue weighted by molar-refractivity contribution is -0.128. The molecule has 23 heavy (non-hydrogen) atoms. The summed E-state index contributed by atoms with van der Waals surface area (Å²) in [6.45, 7) is 2.92. The fourth-order valence-electron chi connectivity index (χ4n) is 3.29. The molecule has 0 fully saturated rings. The molecule has 1 heterocycles. The van der Waals surface area contributed by atoms with Gasteiger partial charge in [0.2, 0.25) is 5.91 Å². The molecular weight excluding hydrogens is 286 g/mol. The van der Waals surface area contributed by atoms with Crippen LogP contribution in [0.3, 0.4) is 0 Å². The quantitative estimate of drug-likeness (QED) is 0.780. The third-order valence-corrected chi connectivity index (χ3v) is 4.44. The van der Waals surface area contributed by atoms with Crippen LogP contribution in [0.2, 0.25) is 0 Å². The van der Waals surface area contributed by atoms with Crippen molar-refractivity contribution in [3.8, 4) is 0 Å². The van der Waals surface area contributed by atoms with E-state index in [9.17, 15) is 4.79 Å². The van der Waals surface area contributed by atoms with E-state index in [1.807, 2.05) is 17.0 Å². The molecular formula is C20H23NO2. The first-order valence-electron chi connectivity index (χ1n) is 8.37. The van der Waals surface area contributed by atoms with Crippen LogP contribution in [0, 0.1) is 0 Å². The Morgan fingerprint density at radius 1 is 1.26 bits per heavy atom. The molecule has 3 heteroatoms. The first-order valence-corrected chi connectivity index (χ1v) is 8.37. The number of carbonyl (C=O) groups is 1. The highest BCUT2D eigenvalue weighted by Gasteiger charge is 2.25. The van der Waals surface area contributed by atoms with Crippen LogP contribution in [-0.2, 0) is 17.6 Å². The Balaban J connectivity index is 1.72. The van der Waals surface area contributed by atoms with Crippen LogP contribution in [0.25, 0.3) is 6.08 Å². The molecule has 1 atom stereocenters. The Kier molecular flexibility index (Phi) is 4.96. The largest absolute Gasteiger partial charge is 0.465 e. The summed E-state index contributed by atoms with van der Waals surface area (Å²) in [7, 11) is 0. The molecule has 1 aromatic heterocycles. The molecule has 0 saturated carbocycles. The molecule has 1 unspecified atom stereocenters. The summed E-state index contributed by atoms with van der Waals surface area (Å²) in [5.74, 6) is 0.788. The van der Waals surface area contributed by atoms with E-state index >= 15 is 0 Å². The molecule has 0 bridgehead atoms. The molecule has 1 aliphatic carbocycles. The van der Waals surface area contributed by atoms with Crippen molar-refractivity contribution in [1.29, 1.82) is 0 Å². The van der Waals surface area contributed by atoms with E-state index in [0.29, 0.717) is 11.8 Å². The van der Waals surface area contributed by atoms with E-state index in [1.54, 1.807) is 18.4 Å². The normalized spacial score (nSPS) is 17.2. The van der Waals surface area contributed by atoms with Gasteiger partial charge < -0.3 is 9.32 Å². The van der Waals surface area contributed by atoms with Crippen molar-refractivity contribution in [3.63, 3.8) is 0 Å². The molecule has 1 amide bonds. The molecule has 3 nitrogen and oxygen atoms in total. The summed E-state index contributed by atoms with van der Waals surface area (Å²) in [6, 6.07) is 12.5. The number of fused-ring (bicyclic) bond motifs is 1.